The lowest BCUT2D eigenvalue weighted by Gasteiger charge is -2.21. The topological polar surface area (TPSA) is 24.9 Å². The van der Waals surface area contributed by atoms with Crippen LogP contribution < -0.4 is 5.32 Å². The summed E-state index contributed by atoms with van der Waals surface area (Å²) in [6, 6.07) is 10.4. The molecule has 0 aliphatic carbocycles. The molecule has 0 spiro atoms. The average molecular weight is 279 g/mol. The van der Waals surface area contributed by atoms with E-state index in [4.69, 9.17) is 11.6 Å². The average Bonchev–Trinajstić information content (AvgIpc) is 2.39. The highest BCUT2D eigenvalue weighted by Gasteiger charge is 2.14. The van der Waals surface area contributed by atoms with E-state index in [0.29, 0.717) is 5.02 Å². The standard InChI is InChI=1S/C15H16ClFN2/c1-10(13-7-6-12(17)9-14(13)16)19-11(2)15-5-3-4-8-18-15/h3-11,19H,1-2H3/t10?,11-/m1/s1. The van der Waals surface area contributed by atoms with Crippen LogP contribution in [0.4, 0.5) is 4.39 Å². The highest BCUT2D eigenvalue weighted by Crippen LogP contribution is 2.25. The van der Waals surface area contributed by atoms with Crippen LogP contribution in [0.25, 0.3) is 0 Å². The van der Waals surface area contributed by atoms with E-state index in [1.54, 1.807) is 12.3 Å². The van der Waals surface area contributed by atoms with Gasteiger partial charge in [0.25, 0.3) is 0 Å². The molecule has 0 bridgehead atoms. The van der Waals surface area contributed by atoms with E-state index in [0.717, 1.165) is 11.3 Å². The Morgan fingerprint density at radius 3 is 2.58 bits per heavy atom. The predicted octanol–water partition coefficient (Wildman–Crippen LogP) is 4.29. The van der Waals surface area contributed by atoms with Crippen molar-refractivity contribution in [3.05, 3.63) is 64.7 Å². The van der Waals surface area contributed by atoms with Crippen LogP contribution >= 0.6 is 11.6 Å². The van der Waals surface area contributed by atoms with Crippen molar-refractivity contribution < 1.29 is 4.39 Å². The Bertz CT molecular complexity index is 545. The zero-order valence-corrected chi connectivity index (χ0v) is 11.7. The van der Waals surface area contributed by atoms with E-state index >= 15 is 0 Å². The molecule has 0 aliphatic heterocycles. The van der Waals surface area contributed by atoms with Gasteiger partial charge in [-0.3, -0.25) is 4.98 Å². The van der Waals surface area contributed by atoms with Gasteiger partial charge in [-0.15, -0.1) is 0 Å². The molecule has 4 heteroatoms. The Labute approximate surface area is 117 Å². The molecule has 0 aliphatic rings. The minimum absolute atomic E-state index is 0.0186. The molecule has 1 heterocycles. The monoisotopic (exact) mass is 278 g/mol. The maximum atomic E-state index is 13.0. The van der Waals surface area contributed by atoms with Gasteiger partial charge in [-0.2, -0.15) is 0 Å². The number of nitrogens with one attached hydrogen (secondary N) is 1. The summed E-state index contributed by atoms with van der Waals surface area (Å²) in [5.41, 5.74) is 1.85. The largest absolute Gasteiger partial charge is 0.302 e. The van der Waals surface area contributed by atoms with Gasteiger partial charge >= 0.3 is 0 Å². The number of aromatic nitrogens is 1. The van der Waals surface area contributed by atoms with Crippen LogP contribution in [0.1, 0.15) is 37.2 Å². The Balaban J connectivity index is 2.10. The minimum Gasteiger partial charge on any atom is -0.302 e. The van der Waals surface area contributed by atoms with E-state index in [2.05, 4.69) is 10.3 Å². The maximum Gasteiger partial charge on any atom is 0.124 e. The van der Waals surface area contributed by atoms with Crippen molar-refractivity contribution in [3.8, 4) is 0 Å². The maximum absolute atomic E-state index is 13.0. The summed E-state index contributed by atoms with van der Waals surface area (Å²) in [5.74, 6) is -0.321. The lowest BCUT2D eigenvalue weighted by atomic mass is 10.1. The molecule has 0 radical (unpaired) electrons. The fourth-order valence-electron chi connectivity index (χ4n) is 2.03. The lowest BCUT2D eigenvalue weighted by Crippen LogP contribution is -2.23. The number of hydrogen-bond acceptors (Lipinski definition) is 2. The summed E-state index contributed by atoms with van der Waals surface area (Å²) in [6.07, 6.45) is 1.77. The fraction of sp³-hybridized carbons (Fsp3) is 0.267. The summed E-state index contributed by atoms with van der Waals surface area (Å²) in [7, 11) is 0. The number of pyridine rings is 1. The van der Waals surface area contributed by atoms with Gasteiger partial charge in [0.05, 0.1) is 5.69 Å². The molecule has 2 atom stereocenters. The van der Waals surface area contributed by atoms with Crippen molar-refractivity contribution in [3.63, 3.8) is 0 Å². The number of rotatable bonds is 4. The third kappa shape index (κ3) is 3.52. The summed E-state index contributed by atoms with van der Waals surface area (Å²) in [4.78, 5) is 4.31. The van der Waals surface area contributed by atoms with E-state index in [-0.39, 0.29) is 17.9 Å². The van der Waals surface area contributed by atoms with Crippen LogP contribution in [0.2, 0.25) is 5.02 Å². The molecule has 2 nitrogen and oxygen atoms in total. The van der Waals surface area contributed by atoms with Gasteiger partial charge in [0.15, 0.2) is 0 Å². The van der Waals surface area contributed by atoms with Crippen LogP contribution in [0.15, 0.2) is 42.6 Å². The molecule has 1 aromatic carbocycles. The zero-order chi connectivity index (χ0) is 13.8. The molecule has 1 N–H and O–H groups in total. The quantitative estimate of drug-likeness (QED) is 0.903. The summed E-state index contributed by atoms with van der Waals surface area (Å²) < 4.78 is 13.0. The Hall–Kier alpha value is -1.45. The van der Waals surface area contributed by atoms with Crippen LogP contribution in [0, 0.1) is 5.82 Å². The third-order valence-electron chi connectivity index (χ3n) is 3.06. The van der Waals surface area contributed by atoms with Gasteiger partial charge < -0.3 is 5.32 Å². The first-order valence-corrected chi connectivity index (χ1v) is 6.57. The summed E-state index contributed by atoms with van der Waals surface area (Å²) >= 11 is 6.06. The number of halogens is 2. The van der Waals surface area contributed by atoms with Gasteiger partial charge in [-0.25, -0.2) is 4.39 Å². The molecule has 0 amide bonds. The number of hydrogen-bond donors (Lipinski definition) is 1. The van der Waals surface area contributed by atoms with Crippen molar-refractivity contribution in [1.82, 2.24) is 10.3 Å². The van der Waals surface area contributed by atoms with Crippen LogP contribution in [0.5, 0.6) is 0 Å². The van der Waals surface area contributed by atoms with E-state index in [9.17, 15) is 4.39 Å². The molecule has 100 valence electrons. The van der Waals surface area contributed by atoms with Crippen molar-refractivity contribution in [2.75, 3.05) is 0 Å². The molecule has 2 aromatic rings. The SMILES string of the molecule is CC(N[C@H](C)c1ccccn1)c1ccc(F)cc1Cl. The lowest BCUT2D eigenvalue weighted by molar-refractivity contribution is 0.486. The van der Waals surface area contributed by atoms with Crippen molar-refractivity contribution in [2.24, 2.45) is 0 Å². The first kappa shape index (κ1) is 14.0. The molecule has 1 aromatic heterocycles. The number of nitrogens with zero attached hydrogens (tertiary/aromatic N) is 1. The highest BCUT2D eigenvalue weighted by atomic mass is 35.5. The second-order valence-corrected chi connectivity index (χ2v) is 4.94. The molecule has 0 saturated carbocycles. The Morgan fingerprint density at radius 2 is 1.95 bits per heavy atom. The van der Waals surface area contributed by atoms with Gasteiger partial charge in [-0.05, 0) is 43.7 Å². The minimum atomic E-state index is -0.321. The van der Waals surface area contributed by atoms with Gasteiger partial charge in [0.1, 0.15) is 5.82 Å². The first-order chi connectivity index (χ1) is 9.08. The van der Waals surface area contributed by atoms with Crippen LogP contribution in [-0.4, -0.2) is 4.98 Å². The smallest absolute Gasteiger partial charge is 0.124 e. The van der Waals surface area contributed by atoms with Gasteiger partial charge in [0, 0.05) is 23.3 Å². The van der Waals surface area contributed by atoms with Crippen LogP contribution in [-0.2, 0) is 0 Å². The second-order valence-electron chi connectivity index (χ2n) is 4.53. The Morgan fingerprint density at radius 1 is 1.16 bits per heavy atom. The number of benzene rings is 1. The molecular formula is C15H16ClFN2. The van der Waals surface area contributed by atoms with Gasteiger partial charge in [0.2, 0.25) is 0 Å². The molecule has 1 unspecified atom stereocenters. The molecule has 2 rings (SSSR count). The van der Waals surface area contributed by atoms with Crippen LogP contribution in [0.3, 0.4) is 0 Å². The molecule has 0 saturated heterocycles. The van der Waals surface area contributed by atoms with Crippen molar-refractivity contribution in [2.45, 2.75) is 25.9 Å². The Kier molecular flexibility index (Phi) is 4.51. The van der Waals surface area contributed by atoms with Crippen molar-refractivity contribution in [1.29, 1.82) is 0 Å². The third-order valence-corrected chi connectivity index (χ3v) is 3.39. The highest BCUT2D eigenvalue weighted by molar-refractivity contribution is 6.31. The van der Waals surface area contributed by atoms with E-state index < -0.39 is 0 Å². The summed E-state index contributed by atoms with van der Waals surface area (Å²) in [6.45, 7) is 4.04. The second kappa shape index (κ2) is 6.13. The van der Waals surface area contributed by atoms with E-state index in [1.807, 2.05) is 32.0 Å². The predicted molar refractivity (Wildman–Crippen MR) is 75.6 cm³/mol. The molecular weight excluding hydrogens is 263 g/mol. The normalized spacial score (nSPS) is 14.1. The van der Waals surface area contributed by atoms with Gasteiger partial charge in [-0.1, -0.05) is 23.7 Å². The first-order valence-electron chi connectivity index (χ1n) is 6.20. The summed E-state index contributed by atoms with van der Waals surface area (Å²) in [5, 5.41) is 3.84. The van der Waals surface area contributed by atoms with Crippen molar-refractivity contribution >= 4 is 11.6 Å². The van der Waals surface area contributed by atoms with E-state index in [1.165, 1.54) is 12.1 Å². The molecule has 19 heavy (non-hydrogen) atoms. The fourth-order valence-corrected chi connectivity index (χ4v) is 2.37. The zero-order valence-electron chi connectivity index (χ0n) is 10.9. The molecule has 0 fully saturated rings.